The van der Waals surface area contributed by atoms with Gasteiger partial charge in [0.15, 0.2) is 12.4 Å². The molecule has 1 aromatic heterocycles. The summed E-state index contributed by atoms with van der Waals surface area (Å²) in [6.07, 6.45) is 1.36. The van der Waals surface area contributed by atoms with E-state index in [1.165, 1.54) is 10.9 Å². The number of nitrogens with zero attached hydrogens (tertiary/aromatic N) is 2. The van der Waals surface area contributed by atoms with Gasteiger partial charge in [-0.2, -0.15) is 0 Å². The predicted octanol–water partition coefficient (Wildman–Crippen LogP) is 2.37. The Kier molecular flexibility index (Phi) is 4.04. The van der Waals surface area contributed by atoms with Gasteiger partial charge in [0.1, 0.15) is 5.75 Å². The van der Waals surface area contributed by atoms with Crippen LogP contribution >= 0.6 is 15.9 Å². The molecule has 0 saturated carbocycles. The van der Waals surface area contributed by atoms with E-state index < -0.39 is 0 Å². The Bertz CT molecular complexity index is 1120. The van der Waals surface area contributed by atoms with E-state index in [4.69, 9.17) is 4.74 Å². The highest BCUT2D eigenvalue weighted by atomic mass is 79.9. The van der Waals surface area contributed by atoms with E-state index in [-0.39, 0.29) is 30.4 Å². The third-order valence-corrected chi connectivity index (χ3v) is 4.53. The third kappa shape index (κ3) is 2.99. The molecule has 0 spiro atoms. The number of fused-ring (bicyclic) bond motifs is 2. The van der Waals surface area contributed by atoms with Crippen molar-refractivity contribution in [2.45, 2.75) is 6.54 Å². The van der Waals surface area contributed by atoms with Gasteiger partial charge in [-0.15, -0.1) is 0 Å². The highest BCUT2D eigenvalue weighted by molar-refractivity contribution is 9.10. The van der Waals surface area contributed by atoms with Crippen molar-refractivity contribution < 1.29 is 14.3 Å². The number of anilines is 1. The lowest BCUT2D eigenvalue weighted by molar-refractivity contribution is -0.118. The van der Waals surface area contributed by atoms with Crippen LogP contribution in [0.1, 0.15) is 10.4 Å². The topological polar surface area (TPSA) is 90.3 Å². The maximum Gasteiger partial charge on any atom is 0.262 e. The van der Waals surface area contributed by atoms with Crippen LogP contribution in [0.3, 0.4) is 0 Å². The quantitative estimate of drug-likeness (QED) is 0.665. The first-order valence-electron chi connectivity index (χ1n) is 7.76. The van der Waals surface area contributed by atoms with Crippen LogP contribution in [-0.4, -0.2) is 27.8 Å². The molecule has 4 rings (SSSR count). The van der Waals surface area contributed by atoms with Gasteiger partial charge in [0.2, 0.25) is 0 Å². The summed E-state index contributed by atoms with van der Waals surface area (Å²) >= 11 is 3.33. The van der Waals surface area contributed by atoms with E-state index in [1.54, 1.807) is 36.4 Å². The van der Waals surface area contributed by atoms with Crippen molar-refractivity contribution in [3.8, 4) is 5.75 Å². The summed E-state index contributed by atoms with van der Waals surface area (Å²) < 4.78 is 7.31. The molecule has 0 fully saturated rings. The van der Waals surface area contributed by atoms with Crippen molar-refractivity contribution >= 4 is 44.2 Å². The monoisotopic (exact) mass is 413 g/mol. The van der Waals surface area contributed by atoms with Crippen molar-refractivity contribution in [1.29, 1.82) is 0 Å². The molecule has 3 aromatic rings. The molecule has 2 heterocycles. The molecule has 0 unspecified atom stereocenters. The van der Waals surface area contributed by atoms with E-state index in [0.29, 0.717) is 27.9 Å². The van der Waals surface area contributed by atoms with E-state index in [0.717, 1.165) is 4.47 Å². The highest BCUT2D eigenvalue weighted by Crippen LogP contribution is 2.28. The lowest BCUT2D eigenvalue weighted by atomic mass is 10.1. The number of hydrogen-bond donors (Lipinski definition) is 1. The molecule has 0 atom stereocenters. The fourth-order valence-corrected chi connectivity index (χ4v) is 3.11. The standard InChI is InChI=1S/C18H12BrN3O4/c19-11-2-3-13-12(6-11)18(25)22(9-20-13)7-15(23)10-1-4-16-14(5-10)21-17(24)8-26-16/h1-6,9H,7-8H2,(H,21,24). The van der Waals surface area contributed by atoms with Gasteiger partial charge in [0.25, 0.3) is 11.5 Å². The minimum absolute atomic E-state index is 0.0476. The third-order valence-electron chi connectivity index (χ3n) is 4.03. The number of carbonyl (C=O) groups excluding carboxylic acids is 2. The van der Waals surface area contributed by atoms with Crippen LogP contribution in [0.25, 0.3) is 10.9 Å². The molecular formula is C18H12BrN3O4. The average molecular weight is 414 g/mol. The van der Waals surface area contributed by atoms with Crippen LogP contribution in [0.4, 0.5) is 5.69 Å². The van der Waals surface area contributed by atoms with E-state index in [9.17, 15) is 14.4 Å². The van der Waals surface area contributed by atoms with Crippen LogP contribution in [0.5, 0.6) is 5.75 Å². The van der Waals surface area contributed by atoms with Crippen LogP contribution < -0.4 is 15.6 Å². The number of ether oxygens (including phenoxy) is 1. The number of Topliss-reactive ketones (excluding diaryl/α,β-unsaturated/α-hetero) is 1. The Morgan fingerprint density at radius 1 is 1.23 bits per heavy atom. The van der Waals surface area contributed by atoms with Crippen LogP contribution in [-0.2, 0) is 11.3 Å². The number of benzene rings is 2. The van der Waals surface area contributed by atoms with E-state index in [1.807, 2.05) is 0 Å². The number of carbonyl (C=O) groups is 2. The second-order valence-electron chi connectivity index (χ2n) is 5.81. The number of rotatable bonds is 3. The Balaban J connectivity index is 1.65. The fraction of sp³-hybridized carbons (Fsp3) is 0.111. The maximum absolute atomic E-state index is 12.6. The maximum atomic E-state index is 12.6. The van der Waals surface area contributed by atoms with Gasteiger partial charge >= 0.3 is 0 Å². The number of hydrogen-bond acceptors (Lipinski definition) is 5. The van der Waals surface area contributed by atoms with Crippen molar-refractivity contribution in [1.82, 2.24) is 9.55 Å². The molecule has 1 amide bonds. The second-order valence-corrected chi connectivity index (χ2v) is 6.73. The molecule has 2 aromatic carbocycles. The van der Waals surface area contributed by atoms with Gasteiger partial charge < -0.3 is 10.1 Å². The molecule has 130 valence electrons. The summed E-state index contributed by atoms with van der Waals surface area (Å²) in [6.45, 7) is -0.199. The van der Waals surface area contributed by atoms with Gasteiger partial charge in [0, 0.05) is 10.0 Å². The minimum Gasteiger partial charge on any atom is -0.482 e. The summed E-state index contributed by atoms with van der Waals surface area (Å²) in [5.41, 5.74) is 1.09. The first-order chi connectivity index (χ1) is 12.5. The molecule has 26 heavy (non-hydrogen) atoms. The molecule has 0 aliphatic carbocycles. The number of ketones is 1. The molecule has 1 N–H and O–H groups in total. The zero-order valence-electron chi connectivity index (χ0n) is 13.4. The summed E-state index contributed by atoms with van der Waals surface area (Å²) in [4.78, 5) is 40.8. The molecule has 1 aliphatic heterocycles. The molecule has 8 heteroatoms. The van der Waals surface area contributed by atoms with Gasteiger partial charge in [-0.1, -0.05) is 15.9 Å². The molecule has 0 bridgehead atoms. The van der Waals surface area contributed by atoms with Crippen LogP contribution in [0.2, 0.25) is 0 Å². The van der Waals surface area contributed by atoms with Crippen molar-refractivity contribution in [2.24, 2.45) is 0 Å². The normalized spacial score (nSPS) is 13.0. The minimum atomic E-state index is -0.292. The fourth-order valence-electron chi connectivity index (χ4n) is 2.75. The van der Waals surface area contributed by atoms with Gasteiger partial charge in [0.05, 0.1) is 29.5 Å². The number of aromatic nitrogens is 2. The number of amides is 1. The van der Waals surface area contributed by atoms with Gasteiger partial charge in [-0.05, 0) is 36.4 Å². The Labute approximate surface area is 155 Å². The number of nitrogens with one attached hydrogen (secondary N) is 1. The van der Waals surface area contributed by atoms with Gasteiger partial charge in [-0.25, -0.2) is 4.98 Å². The Hall–Kier alpha value is -3.00. The molecule has 1 aliphatic rings. The number of halogens is 1. The molecule has 0 saturated heterocycles. The van der Waals surface area contributed by atoms with E-state index >= 15 is 0 Å². The lowest BCUT2D eigenvalue weighted by Crippen LogP contribution is -2.26. The largest absolute Gasteiger partial charge is 0.482 e. The second kappa shape index (κ2) is 6.38. The van der Waals surface area contributed by atoms with Crippen molar-refractivity contribution in [3.05, 3.63) is 63.1 Å². The molecular weight excluding hydrogens is 402 g/mol. The van der Waals surface area contributed by atoms with E-state index in [2.05, 4.69) is 26.2 Å². The van der Waals surface area contributed by atoms with Crippen LogP contribution in [0, 0.1) is 0 Å². The average Bonchev–Trinajstić information content (AvgIpc) is 2.63. The van der Waals surface area contributed by atoms with Crippen molar-refractivity contribution in [3.63, 3.8) is 0 Å². The van der Waals surface area contributed by atoms with Crippen LogP contribution in [0.15, 0.2) is 52.0 Å². The molecule has 7 nitrogen and oxygen atoms in total. The summed E-state index contributed by atoms with van der Waals surface area (Å²) in [5.74, 6) is -0.0379. The first kappa shape index (κ1) is 16.5. The summed E-state index contributed by atoms with van der Waals surface area (Å²) in [5, 5.41) is 3.09. The predicted molar refractivity (Wildman–Crippen MR) is 98.6 cm³/mol. The highest BCUT2D eigenvalue weighted by Gasteiger charge is 2.18. The SMILES string of the molecule is O=C1COc2ccc(C(=O)Cn3cnc4ccc(Br)cc4c3=O)cc2N1. The van der Waals surface area contributed by atoms with Gasteiger partial charge in [-0.3, -0.25) is 19.0 Å². The Morgan fingerprint density at radius 2 is 2.08 bits per heavy atom. The smallest absolute Gasteiger partial charge is 0.262 e. The zero-order valence-corrected chi connectivity index (χ0v) is 14.9. The zero-order chi connectivity index (χ0) is 18.3. The summed E-state index contributed by atoms with van der Waals surface area (Å²) in [7, 11) is 0. The first-order valence-corrected chi connectivity index (χ1v) is 8.55. The lowest BCUT2D eigenvalue weighted by Gasteiger charge is -2.18. The Morgan fingerprint density at radius 3 is 2.92 bits per heavy atom. The summed E-state index contributed by atoms with van der Waals surface area (Å²) in [6, 6.07) is 9.99. The van der Waals surface area contributed by atoms with Crippen molar-refractivity contribution in [2.75, 3.05) is 11.9 Å². The molecule has 0 radical (unpaired) electrons.